The molecule has 2 aliphatic rings. The van der Waals surface area contributed by atoms with E-state index in [2.05, 4.69) is 36.0 Å². The van der Waals surface area contributed by atoms with E-state index >= 15 is 0 Å². The molecule has 3 aromatic carbocycles. The Labute approximate surface area is 312 Å². The number of nitrogens with zero attached hydrogens (tertiary/aromatic N) is 5. The fraction of sp³-hybridized carbons (Fsp3) is 0.214. The van der Waals surface area contributed by atoms with Crippen LogP contribution in [0.4, 0.5) is 16.0 Å². The first-order valence-electron chi connectivity index (χ1n) is 17.8. The zero-order valence-electron chi connectivity index (χ0n) is 29.8. The number of anilines is 2. The van der Waals surface area contributed by atoms with Gasteiger partial charge >= 0.3 is 0 Å². The molecule has 0 spiro atoms. The Morgan fingerprint density at radius 2 is 1.13 bits per heavy atom. The molecule has 6 N–H and O–H groups in total. The van der Waals surface area contributed by atoms with Crippen molar-refractivity contribution in [1.29, 1.82) is 0 Å². The maximum atomic E-state index is 13.2. The van der Waals surface area contributed by atoms with Crippen LogP contribution in [0.2, 0.25) is 0 Å². The SMILES string of the molecule is Cc1cc(-c2ccc(NC3(c4ccc(F)cc4)CCC3)nn2)ccn1.NC(=O)c1ccc(C2(Nc3ccc(-c4cccc(C(N)=O)c4)nn3)CCC2)cc1. The summed E-state index contributed by atoms with van der Waals surface area (Å²) in [5.74, 6) is 0.272. The fourth-order valence-corrected chi connectivity index (χ4v) is 6.89. The normalized spacial score (nSPS) is 15.0. The average molecular weight is 722 g/mol. The summed E-state index contributed by atoms with van der Waals surface area (Å²) in [4.78, 5) is 26.9. The van der Waals surface area contributed by atoms with Crippen LogP contribution < -0.4 is 22.1 Å². The van der Waals surface area contributed by atoms with E-state index in [1.165, 1.54) is 12.1 Å². The third-order valence-electron chi connectivity index (χ3n) is 10.2. The molecule has 6 aromatic rings. The molecule has 3 aromatic heterocycles. The van der Waals surface area contributed by atoms with E-state index in [1.54, 1.807) is 36.5 Å². The molecule has 0 atom stereocenters. The van der Waals surface area contributed by atoms with E-state index in [0.717, 1.165) is 78.0 Å². The lowest BCUT2D eigenvalue weighted by Crippen LogP contribution is -2.42. The zero-order valence-corrected chi connectivity index (χ0v) is 29.8. The van der Waals surface area contributed by atoms with Crippen LogP contribution >= 0.6 is 0 Å². The number of aryl methyl sites for hydroxylation is 1. The highest BCUT2D eigenvalue weighted by molar-refractivity contribution is 5.94. The second-order valence-corrected chi connectivity index (χ2v) is 13.8. The van der Waals surface area contributed by atoms with Crippen LogP contribution in [0, 0.1) is 12.7 Å². The van der Waals surface area contributed by atoms with Crippen LogP contribution in [-0.4, -0.2) is 37.2 Å². The Morgan fingerprint density at radius 1 is 0.611 bits per heavy atom. The van der Waals surface area contributed by atoms with Crippen molar-refractivity contribution in [3.05, 3.63) is 149 Å². The molecule has 2 amide bonds. The Balaban J connectivity index is 0.000000168. The Bertz CT molecular complexity index is 2250. The number of carbonyl (C=O) groups is 2. The van der Waals surface area contributed by atoms with Gasteiger partial charge < -0.3 is 22.1 Å². The molecule has 11 nitrogen and oxygen atoms in total. The molecule has 2 aliphatic carbocycles. The van der Waals surface area contributed by atoms with Gasteiger partial charge in [-0.1, -0.05) is 36.4 Å². The number of pyridine rings is 1. The van der Waals surface area contributed by atoms with Gasteiger partial charge in [0.2, 0.25) is 11.8 Å². The summed E-state index contributed by atoms with van der Waals surface area (Å²) in [6, 6.07) is 32.6. The van der Waals surface area contributed by atoms with Crippen LogP contribution in [-0.2, 0) is 11.1 Å². The first kappa shape index (κ1) is 35.8. The van der Waals surface area contributed by atoms with Crippen molar-refractivity contribution in [2.24, 2.45) is 11.5 Å². The van der Waals surface area contributed by atoms with Crippen molar-refractivity contribution in [2.45, 2.75) is 56.5 Å². The quantitative estimate of drug-likeness (QED) is 0.113. The van der Waals surface area contributed by atoms with Crippen molar-refractivity contribution in [3.8, 4) is 22.5 Å². The molecule has 2 saturated carbocycles. The third kappa shape index (κ3) is 7.77. The standard InChI is InChI=1S/C22H21N5O2.C20H19FN4/c23-20(28)14-5-7-17(8-6-14)22(11-2-12-22)25-19-10-9-18(26-27-19)15-3-1-4-16(13-15)21(24)29;1-14-13-15(9-12-22-14)18-7-8-19(25-24-18)23-20(10-2-11-20)16-3-5-17(21)6-4-16/h1,3-10,13H,2,11-12H2,(H2,23,28)(H2,24,29)(H,25,27);3-9,12-13H,2,10-11H2,1H3,(H,23,25). The lowest BCUT2D eigenvalue weighted by molar-refractivity contribution is 0.0992. The third-order valence-corrected chi connectivity index (χ3v) is 10.2. The lowest BCUT2D eigenvalue weighted by Gasteiger charge is -2.43. The second kappa shape index (κ2) is 15.2. The van der Waals surface area contributed by atoms with Crippen LogP contribution in [0.5, 0.6) is 0 Å². The number of primary amides is 2. The molecule has 272 valence electrons. The monoisotopic (exact) mass is 721 g/mol. The van der Waals surface area contributed by atoms with Crippen LogP contribution in [0.25, 0.3) is 22.5 Å². The van der Waals surface area contributed by atoms with E-state index in [0.29, 0.717) is 22.6 Å². The minimum absolute atomic E-state index is 0.169. The van der Waals surface area contributed by atoms with Crippen molar-refractivity contribution < 1.29 is 14.0 Å². The van der Waals surface area contributed by atoms with Gasteiger partial charge in [-0.05, 0) is 129 Å². The summed E-state index contributed by atoms with van der Waals surface area (Å²) in [6.45, 7) is 1.95. The number of nitrogens with two attached hydrogens (primary N) is 2. The fourth-order valence-electron chi connectivity index (χ4n) is 6.89. The summed E-state index contributed by atoms with van der Waals surface area (Å²) in [5, 5.41) is 24.3. The van der Waals surface area contributed by atoms with Gasteiger partial charge in [0.25, 0.3) is 0 Å². The van der Waals surface area contributed by atoms with E-state index < -0.39 is 11.8 Å². The number of benzene rings is 3. The van der Waals surface area contributed by atoms with Gasteiger partial charge in [0.1, 0.15) is 17.5 Å². The highest BCUT2D eigenvalue weighted by Crippen LogP contribution is 2.45. The molecule has 2 fully saturated rings. The maximum Gasteiger partial charge on any atom is 0.248 e. The van der Waals surface area contributed by atoms with Gasteiger partial charge in [0.05, 0.1) is 22.5 Å². The number of aromatic nitrogens is 5. The Morgan fingerprint density at radius 3 is 1.57 bits per heavy atom. The summed E-state index contributed by atoms with van der Waals surface area (Å²) >= 11 is 0. The van der Waals surface area contributed by atoms with E-state index in [1.807, 2.05) is 73.7 Å². The van der Waals surface area contributed by atoms with Gasteiger partial charge in [-0.15, -0.1) is 20.4 Å². The van der Waals surface area contributed by atoms with Gasteiger partial charge in [0.15, 0.2) is 0 Å². The van der Waals surface area contributed by atoms with Crippen molar-refractivity contribution in [1.82, 2.24) is 25.4 Å². The number of hydrogen-bond acceptors (Lipinski definition) is 9. The topological polar surface area (TPSA) is 175 Å². The van der Waals surface area contributed by atoms with E-state index in [-0.39, 0.29) is 16.9 Å². The van der Waals surface area contributed by atoms with E-state index in [9.17, 15) is 14.0 Å². The summed E-state index contributed by atoms with van der Waals surface area (Å²) in [7, 11) is 0. The molecule has 0 saturated heterocycles. The van der Waals surface area contributed by atoms with E-state index in [4.69, 9.17) is 11.5 Å². The minimum atomic E-state index is -0.479. The largest absolute Gasteiger partial charge is 0.366 e. The molecule has 0 radical (unpaired) electrons. The van der Waals surface area contributed by atoms with Crippen LogP contribution in [0.1, 0.15) is 76.1 Å². The number of amides is 2. The highest BCUT2D eigenvalue weighted by atomic mass is 19.1. The highest BCUT2D eigenvalue weighted by Gasteiger charge is 2.40. The second-order valence-electron chi connectivity index (χ2n) is 13.8. The molecule has 0 bridgehead atoms. The Hall–Kier alpha value is -6.56. The smallest absolute Gasteiger partial charge is 0.248 e. The molecule has 54 heavy (non-hydrogen) atoms. The average Bonchev–Trinajstić information content (AvgIpc) is 3.16. The predicted octanol–water partition coefficient (Wildman–Crippen LogP) is 7.31. The molecule has 12 heteroatoms. The minimum Gasteiger partial charge on any atom is -0.366 e. The van der Waals surface area contributed by atoms with Crippen molar-refractivity contribution in [3.63, 3.8) is 0 Å². The maximum absolute atomic E-state index is 13.2. The van der Waals surface area contributed by atoms with Crippen LogP contribution in [0.3, 0.4) is 0 Å². The van der Waals surface area contributed by atoms with Crippen molar-refractivity contribution in [2.75, 3.05) is 10.6 Å². The summed E-state index contributed by atoms with van der Waals surface area (Å²) in [6.07, 6.45) is 7.97. The number of hydrogen-bond donors (Lipinski definition) is 4. The van der Waals surface area contributed by atoms with Gasteiger partial charge in [0, 0.05) is 34.1 Å². The zero-order chi connectivity index (χ0) is 37.7. The van der Waals surface area contributed by atoms with Crippen LogP contribution in [0.15, 0.2) is 115 Å². The van der Waals surface area contributed by atoms with Gasteiger partial charge in [-0.3, -0.25) is 14.6 Å². The first-order valence-corrected chi connectivity index (χ1v) is 17.8. The molecule has 0 aliphatic heterocycles. The number of carbonyl (C=O) groups excluding carboxylic acids is 2. The first-order chi connectivity index (χ1) is 26.1. The predicted molar refractivity (Wildman–Crippen MR) is 206 cm³/mol. The molecule has 3 heterocycles. The van der Waals surface area contributed by atoms with Gasteiger partial charge in [-0.2, -0.15) is 0 Å². The summed E-state index contributed by atoms with van der Waals surface area (Å²) < 4.78 is 13.2. The number of rotatable bonds is 10. The van der Waals surface area contributed by atoms with Gasteiger partial charge in [-0.25, -0.2) is 4.39 Å². The molecular formula is C42H40FN9O2. The van der Waals surface area contributed by atoms with Crippen molar-refractivity contribution >= 4 is 23.5 Å². The summed E-state index contributed by atoms with van der Waals surface area (Å²) in [5.41, 5.74) is 17.6. The number of nitrogens with one attached hydrogen (secondary N) is 2. The lowest BCUT2D eigenvalue weighted by atomic mass is 9.71. The Kier molecular flexibility index (Phi) is 10.1. The molecule has 8 rings (SSSR count). The molecular weight excluding hydrogens is 682 g/mol. The molecule has 0 unspecified atom stereocenters. The number of halogens is 1.